The van der Waals surface area contributed by atoms with Crippen LogP contribution in [0.4, 0.5) is 0 Å². The van der Waals surface area contributed by atoms with E-state index < -0.39 is 0 Å². The van der Waals surface area contributed by atoms with Crippen molar-refractivity contribution in [2.45, 2.75) is 57.8 Å². The van der Waals surface area contributed by atoms with Gasteiger partial charge in [-0.05, 0) is 42.9 Å². The number of ether oxygens (including phenoxy) is 1. The molecule has 3 rings (SSSR count). The van der Waals surface area contributed by atoms with E-state index in [1.807, 2.05) is 24.3 Å². The number of carbonyl (C=O) groups is 1. The minimum absolute atomic E-state index is 0.364. The molecule has 2 aliphatic rings. The molecular formula is C19H28N2O2. The summed E-state index contributed by atoms with van der Waals surface area (Å²) >= 11 is 0. The second-order valence-corrected chi connectivity index (χ2v) is 7.03. The Balaban J connectivity index is 1.61. The highest BCUT2D eigenvalue weighted by atomic mass is 16.5. The summed E-state index contributed by atoms with van der Waals surface area (Å²) < 4.78 is 6.33. The molecule has 1 aromatic rings. The summed E-state index contributed by atoms with van der Waals surface area (Å²) in [5.41, 5.74) is 7.12. The van der Waals surface area contributed by atoms with Crippen LogP contribution in [0.3, 0.4) is 0 Å². The fourth-order valence-electron chi connectivity index (χ4n) is 3.43. The van der Waals surface area contributed by atoms with Crippen LogP contribution in [0.1, 0.15) is 54.9 Å². The van der Waals surface area contributed by atoms with Crippen LogP contribution in [0.5, 0.6) is 0 Å². The van der Waals surface area contributed by atoms with Crippen LogP contribution in [0.2, 0.25) is 0 Å². The Labute approximate surface area is 139 Å². The molecule has 126 valence electrons. The Bertz CT molecular complexity index is 525. The smallest absolute Gasteiger partial charge is 0.248 e. The van der Waals surface area contributed by atoms with Crippen molar-refractivity contribution >= 4 is 5.91 Å². The molecular weight excluding hydrogens is 288 g/mol. The third kappa shape index (κ3) is 4.55. The van der Waals surface area contributed by atoms with Gasteiger partial charge in [0.05, 0.1) is 12.2 Å². The van der Waals surface area contributed by atoms with Gasteiger partial charge in [0.15, 0.2) is 0 Å². The van der Waals surface area contributed by atoms with Gasteiger partial charge < -0.3 is 10.5 Å². The molecule has 1 saturated heterocycles. The van der Waals surface area contributed by atoms with Crippen LogP contribution in [0.15, 0.2) is 24.3 Å². The number of hydrogen-bond acceptors (Lipinski definition) is 3. The minimum atomic E-state index is -0.364. The van der Waals surface area contributed by atoms with Gasteiger partial charge in [-0.1, -0.05) is 31.9 Å². The van der Waals surface area contributed by atoms with E-state index in [1.165, 1.54) is 31.2 Å². The number of nitrogens with zero attached hydrogens (tertiary/aromatic N) is 1. The number of hydrogen-bond donors (Lipinski definition) is 1. The zero-order valence-corrected chi connectivity index (χ0v) is 14.0. The van der Waals surface area contributed by atoms with Crippen LogP contribution >= 0.6 is 0 Å². The number of unbranched alkanes of at least 4 members (excludes halogenated alkanes) is 1. The zero-order valence-electron chi connectivity index (χ0n) is 14.0. The van der Waals surface area contributed by atoms with Crippen LogP contribution in [0.25, 0.3) is 0 Å². The second-order valence-electron chi connectivity index (χ2n) is 7.03. The van der Waals surface area contributed by atoms with Gasteiger partial charge >= 0.3 is 0 Å². The maximum absolute atomic E-state index is 11.2. The molecule has 2 N–H and O–H groups in total. The number of benzene rings is 1. The first kappa shape index (κ1) is 16.5. The predicted molar refractivity (Wildman–Crippen MR) is 91.1 cm³/mol. The lowest BCUT2D eigenvalue weighted by Gasteiger charge is -2.38. The van der Waals surface area contributed by atoms with Crippen molar-refractivity contribution in [3.05, 3.63) is 35.4 Å². The van der Waals surface area contributed by atoms with Gasteiger partial charge in [0, 0.05) is 25.2 Å². The molecule has 1 amide bonds. The van der Waals surface area contributed by atoms with E-state index in [4.69, 9.17) is 10.5 Å². The summed E-state index contributed by atoms with van der Waals surface area (Å²) in [5.74, 6) is 0.413. The highest BCUT2D eigenvalue weighted by molar-refractivity contribution is 5.92. The Morgan fingerprint density at radius 1 is 1.26 bits per heavy atom. The molecule has 4 heteroatoms. The van der Waals surface area contributed by atoms with Crippen molar-refractivity contribution in [3.63, 3.8) is 0 Å². The Hall–Kier alpha value is -1.39. The number of morpholine rings is 1. The zero-order chi connectivity index (χ0) is 16.2. The summed E-state index contributed by atoms with van der Waals surface area (Å²) in [4.78, 5) is 13.7. The van der Waals surface area contributed by atoms with Gasteiger partial charge in [-0.2, -0.15) is 0 Å². The Kier molecular flexibility index (Phi) is 5.34. The Morgan fingerprint density at radius 2 is 2.00 bits per heavy atom. The topological polar surface area (TPSA) is 55.6 Å². The third-order valence-corrected chi connectivity index (χ3v) is 4.94. The first-order chi connectivity index (χ1) is 11.2. The van der Waals surface area contributed by atoms with Crippen molar-refractivity contribution in [2.24, 2.45) is 11.7 Å². The van der Waals surface area contributed by atoms with Gasteiger partial charge in [-0.25, -0.2) is 0 Å². The van der Waals surface area contributed by atoms with E-state index in [2.05, 4.69) is 11.8 Å². The van der Waals surface area contributed by atoms with Crippen molar-refractivity contribution in [2.75, 3.05) is 13.1 Å². The SMILES string of the molecule is CCCC[C@@H]1CN(Cc2ccc(C(N)=O)cc2)C[C@H](C2CC2)O1. The van der Waals surface area contributed by atoms with Gasteiger partial charge in [0.1, 0.15) is 0 Å². The predicted octanol–water partition coefficient (Wildman–Crippen LogP) is 2.96. The normalized spacial score (nSPS) is 25.4. The van der Waals surface area contributed by atoms with Crippen molar-refractivity contribution in [1.82, 2.24) is 4.90 Å². The Morgan fingerprint density at radius 3 is 2.61 bits per heavy atom. The second kappa shape index (κ2) is 7.45. The lowest BCUT2D eigenvalue weighted by atomic mass is 10.1. The average molecular weight is 316 g/mol. The van der Waals surface area contributed by atoms with Gasteiger partial charge in [-0.3, -0.25) is 9.69 Å². The molecule has 1 saturated carbocycles. The van der Waals surface area contributed by atoms with Crippen molar-refractivity contribution in [3.8, 4) is 0 Å². The van der Waals surface area contributed by atoms with Crippen LogP contribution < -0.4 is 5.73 Å². The molecule has 0 radical (unpaired) electrons. The van der Waals surface area contributed by atoms with Crippen molar-refractivity contribution in [1.29, 1.82) is 0 Å². The highest BCUT2D eigenvalue weighted by Gasteiger charge is 2.38. The van der Waals surface area contributed by atoms with E-state index in [1.54, 1.807) is 0 Å². The van der Waals surface area contributed by atoms with Gasteiger partial charge in [0.25, 0.3) is 0 Å². The van der Waals surface area contributed by atoms with E-state index in [0.717, 1.165) is 32.0 Å². The number of nitrogens with two attached hydrogens (primary N) is 1. The quantitative estimate of drug-likeness (QED) is 0.841. The fourth-order valence-corrected chi connectivity index (χ4v) is 3.43. The fraction of sp³-hybridized carbons (Fsp3) is 0.632. The molecule has 0 spiro atoms. The maximum Gasteiger partial charge on any atom is 0.248 e. The monoisotopic (exact) mass is 316 g/mol. The molecule has 1 aromatic carbocycles. The summed E-state index contributed by atoms with van der Waals surface area (Å²) in [7, 11) is 0. The average Bonchev–Trinajstić information content (AvgIpc) is 3.38. The highest BCUT2D eigenvalue weighted by Crippen LogP contribution is 2.37. The summed E-state index contributed by atoms with van der Waals surface area (Å²) in [6, 6.07) is 7.68. The lowest BCUT2D eigenvalue weighted by Crippen LogP contribution is -2.48. The van der Waals surface area contributed by atoms with Gasteiger partial charge in [-0.15, -0.1) is 0 Å². The molecule has 1 aliphatic heterocycles. The summed E-state index contributed by atoms with van der Waals surface area (Å²) in [6.07, 6.45) is 7.07. The lowest BCUT2D eigenvalue weighted by molar-refractivity contribution is -0.0993. The molecule has 2 atom stereocenters. The minimum Gasteiger partial charge on any atom is -0.372 e. The van der Waals surface area contributed by atoms with Crippen molar-refractivity contribution < 1.29 is 9.53 Å². The number of rotatable bonds is 7. The van der Waals surface area contributed by atoms with E-state index in [9.17, 15) is 4.79 Å². The first-order valence-corrected chi connectivity index (χ1v) is 8.92. The third-order valence-electron chi connectivity index (χ3n) is 4.94. The van der Waals surface area contributed by atoms with E-state index >= 15 is 0 Å². The largest absolute Gasteiger partial charge is 0.372 e. The molecule has 0 unspecified atom stereocenters. The van der Waals surface area contributed by atoms with E-state index in [0.29, 0.717) is 17.8 Å². The standard InChI is InChI=1S/C19H28N2O2/c1-2-3-4-17-12-21(13-18(23-17)15-9-10-15)11-14-5-7-16(8-6-14)19(20)22/h5-8,15,17-18H,2-4,9-13H2,1H3,(H2,20,22)/t17-,18-/m1/s1. The number of amides is 1. The van der Waals surface area contributed by atoms with Gasteiger partial charge in [0.2, 0.25) is 5.91 Å². The van der Waals surface area contributed by atoms with Crippen LogP contribution in [-0.2, 0) is 11.3 Å². The maximum atomic E-state index is 11.2. The molecule has 4 nitrogen and oxygen atoms in total. The molecule has 23 heavy (non-hydrogen) atoms. The van der Waals surface area contributed by atoms with Crippen LogP contribution in [0, 0.1) is 5.92 Å². The van der Waals surface area contributed by atoms with E-state index in [-0.39, 0.29) is 5.91 Å². The molecule has 1 aliphatic carbocycles. The molecule has 0 aromatic heterocycles. The number of carbonyl (C=O) groups excluding carboxylic acids is 1. The summed E-state index contributed by atoms with van der Waals surface area (Å²) in [6.45, 7) is 5.21. The molecule has 0 bridgehead atoms. The first-order valence-electron chi connectivity index (χ1n) is 8.92. The molecule has 1 heterocycles. The molecule has 2 fully saturated rings. The summed E-state index contributed by atoms with van der Waals surface area (Å²) in [5, 5.41) is 0. The number of primary amides is 1. The van der Waals surface area contributed by atoms with Crippen LogP contribution in [-0.4, -0.2) is 36.1 Å².